The van der Waals surface area contributed by atoms with Crippen molar-refractivity contribution in [3.63, 3.8) is 0 Å². The number of aryl methyl sites for hydroxylation is 1. The number of amides is 1. The van der Waals surface area contributed by atoms with Crippen molar-refractivity contribution in [3.05, 3.63) is 30.1 Å². The third-order valence-electron chi connectivity index (χ3n) is 3.52. The molecule has 0 aliphatic carbocycles. The summed E-state index contributed by atoms with van der Waals surface area (Å²) >= 11 is 0. The van der Waals surface area contributed by atoms with E-state index in [2.05, 4.69) is 15.6 Å². The van der Waals surface area contributed by atoms with Gasteiger partial charge in [-0.15, -0.1) is 12.4 Å². The smallest absolute Gasteiger partial charge is 0.250 e. The maximum atomic E-state index is 12.0. The summed E-state index contributed by atoms with van der Waals surface area (Å²) in [6.45, 7) is 2.34. The van der Waals surface area contributed by atoms with E-state index >= 15 is 0 Å². The standard InChI is InChI=1S/C14H18N4O2.ClH/c1-18-11-5-3-2-4-10(11)17-13(18)9-16-14(19)12-8-15-6-7-20-12;/h2-5,12,15H,6-9H2,1H3,(H,16,19);1H. The highest BCUT2D eigenvalue weighted by molar-refractivity contribution is 5.85. The summed E-state index contributed by atoms with van der Waals surface area (Å²) in [5.74, 6) is 0.743. The third-order valence-corrected chi connectivity index (χ3v) is 3.52. The van der Waals surface area contributed by atoms with Crippen molar-refractivity contribution in [2.75, 3.05) is 19.7 Å². The van der Waals surface area contributed by atoms with Crippen LogP contribution in [0.1, 0.15) is 5.82 Å². The van der Waals surface area contributed by atoms with Crippen LogP contribution in [0, 0.1) is 0 Å². The van der Waals surface area contributed by atoms with E-state index in [1.165, 1.54) is 0 Å². The Kier molecular flexibility index (Phi) is 5.17. The fourth-order valence-corrected chi connectivity index (χ4v) is 2.37. The molecule has 1 aliphatic heterocycles. The fourth-order valence-electron chi connectivity index (χ4n) is 2.37. The summed E-state index contributed by atoms with van der Waals surface area (Å²) in [7, 11) is 1.95. The Hall–Kier alpha value is -1.63. The van der Waals surface area contributed by atoms with E-state index in [1.54, 1.807) is 0 Å². The van der Waals surface area contributed by atoms with Gasteiger partial charge in [0.25, 0.3) is 5.91 Å². The highest BCUT2D eigenvalue weighted by atomic mass is 35.5. The first kappa shape index (κ1) is 15.8. The van der Waals surface area contributed by atoms with E-state index < -0.39 is 6.10 Å². The van der Waals surface area contributed by atoms with Crippen molar-refractivity contribution >= 4 is 29.3 Å². The molecule has 0 bridgehead atoms. The van der Waals surface area contributed by atoms with Crippen LogP contribution in [0.5, 0.6) is 0 Å². The number of rotatable bonds is 3. The monoisotopic (exact) mass is 310 g/mol. The van der Waals surface area contributed by atoms with Crippen LogP contribution in [0.15, 0.2) is 24.3 Å². The van der Waals surface area contributed by atoms with Crippen LogP contribution in [-0.2, 0) is 23.1 Å². The third kappa shape index (κ3) is 3.34. The lowest BCUT2D eigenvalue weighted by Crippen LogP contribution is -2.47. The van der Waals surface area contributed by atoms with Gasteiger partial charge in [0.2, 0.25) is 0 Å². The zero-order chi connectivity index (χ0) is 13.9. The molecule has 1 aromatic carbocycles. The number of nitrogens with zero attached hydrogens (tertiary/aromatic N) is 2. The van der Waals surface area contributed by atoms with E-state index in [9.17, 15) is 4.79 Å². The molecule has 1 aromatic heterocycles. The second kappa shape index (κ2) is 6.89. The number of halogens is 1. The highest BCUT2D eigenvalue weighted by Gasteiger charge is 2.21. The summed E-state index contributed by atoms with van der Waals surface area (Å²) in [6, 6.07) is 7.92. The van der Waals surface area contributed by atoms with Crippen LogP contribution >= 0.6 is 12.4 Å². The van der Waals surface area contributed by atoms with Crippen molar-refractivity contribution < 1.29 is 9.53 Å². The number of imidazole rings is 1. The van der Waals surface area contributed by atoms with Crippen molar-refractivity contribution in [2.24, 2.45) is 7.05 Å². The number of fused-ring (bicyclic) bond motifs is 1. The average Bonchev–Trinajstić information content (AvgIpc) is 2.83. The molecule has 114 valence electrons. The quantitative estimate of drug-likeness (QED) is 0.871. The molecule has 1 saturated heterocycles. The lowest BCUT2D eigenvalue weighted by molar-refractivity contribution is -0.134. The van der Waals surface area contributed by atoms with Gasteiger partial charge >= 0.3 is 0 Å². The van der Waals surface area contributed by atoms with Gasteiger partial charge in [-0.2, -0.15) is 0 Å². The van der Waals surface area contributed by atoms with Gasteiger partial charge in [0.05, 0.1) is 24.2 Å². The van der Waals surface area contributed by atoms with Crippen LogP contribution in [0.3, 0.4) is 0 Å². The SMILES string of the molecule is Cl.Cn1c(CNC(=O)C2CNCCO2)nc2ccccc21. The molecule has 1 fully saturated rings. The van der Waals surface area contributed by atoms with Crippen molar-refractivity contribution in [2.45, 2.75) is 12.6 Å². The summed E-state index contributed by atoms with van der Waals surface area (Å²) < 4.78 is 7.41. The number of benzene rings is 1. The van der Waals surface area contributed by atoms with Crippen LogP contribution in [0.25, 0.3) is 11.0 Å². The molecule has 21 heavy (non-hydrogen) atoms. The van der Waals surface area contributed by atoms with Crippen LogP contribution in [0.2, 0.25) is 0 Å². The zero-order valence-electron chi connectivity index (χ0n) is 11.8. The number of ether oxygens (including phenoxy) is 1. The number of para-hydroxylation sites is 2. The number of aromatic nitrogens is 2. The van der Waals surface area contributed by atoms with Gasteiger partial charge in [0.1, 0.15) is 11.9 Å². The van der Waals surface area contributed by atoms with E-state index in [0.29, 0.717) is 19.7 Å². The molecule has 0 spiro atoms. The minimum absolute atomic E-state index is 0. The van der Waals surface area contributed by atoms with Gasteiger partial charge in [0, 0.05) is 20.1 Å². The number of carbonyl (C=O) groups excluding carboxylic acids is 1. The number of nitrogens with one attached hydrogen (secondary N) is 2. The van der Waals surface area contributed by atoms with Gasteiger partial charge in [-0.1, -0.05) is 12.1 Å². The van der Waals surface area contributed by atoms with Gasteiger partial charge in [-0.05, 0) is 12.1 Å². The Morgan fingerprint density at radius 1 is 1.52 bits per heavy atom. The number of hydrogen-bond donors (Lipinski definition) is 2. The maximum Gasteiger partial charge on any atom is 0.250 e. The topological polar surface area (TPSA) is 68.2 Å². The molecule has 1 unspecified atom stereocenters. The highest BCUT2D eigenvalue weighted by Crippen LogP contribution is 2.13. The molecular formula is C14H19ClN4O2. The first-order chi connectivity index (χ1) is 9.75. The Morgan fingerprint density at radius 2 is 2.33 bits per heavy atom. The molecule has 1 aliphatic rings. The normalized spacial score (nSPS) is 18.2. The Morgan fingerprint density at radius 3 is 3.05 bits per heavy atom. The molecule has 1 atom stereocenters. The number of morpholine rings is 1. The molecule has 0 saturated carbocycles. The number of hydrogen-bond acceptors (Lipinski definition) is 4. The van der Waals surface area contributed by atoms with E-state index in [0.717, 1.165) is 23.4 Å². The van der Waals surface area contributed by atoms with Crippen molar-refractivity contribution in [1.82, 2.24) is 20.2 Å². The molecular weight excluding hydrogens is 292 g/mol. The summed E-state index contributed by atoms with van der Waals surface area (Å²) in [4.78, 5) is 16.5. The van der Waals surface area contributed by atoms with Crippen molar-refractivity contribution in [1.29, 1.82) is 0 Å². The van der Waals surface area contributed by atoms with Gasteiger partial charge < -0.3 is 19.9 Å². The Labute approximate surface area is 129 Å². The average molecular weight is 311 g/mol. The fraction of sp³-hybridized carbons (Fsp3) is 0.429. The lowest BCUT2D eigenvalue weighted by atomic mass is 10.3. The summed E-state index contributed by atoms with van der Waals surface area (Å²) in [5, 5.41) is 6.02. The molecule has 2 aromatic rings. The van der Waals surface area contributed by atoms with Crippen LogP contribution in [0.4, 0.5) is 0 Å². The number of carbonyl (C=O) groups is 1. The Balaban J connectivity index is 0.00000161. The second-order valence-electron chi connectivity index (χ2n) is 4.86. The van der Waals surface area contributed by atoms with Crippen LogP contribution in [-0.4, -0.2) is 41.3 Å². The molecule has 7 heteroatoms. The minimum Gasteiger partial charge on any atom is -0.366 e. The molecule has 2 heterocycles. The predicted molar refractivity (Wildman–Crippen MR) is 82.4 cm³/mol. The van der Waals surface area contributed by atoms with Gasteiger partial charge in [0.15, 0.2) is 0 Å². The first-order valence-corrected chi connectivity index (χ1v) is 6.76. The zero-order valence-corrected chi connectivity index (χ0v) is 12.7. The summed E-state index contributed by atoms with van der Waals surface area (Å²) in [5.41, 5.74) is 2.00. The molecule has 0 radical (unpaired) electrons. The van der Waals surface area contributed by atoms with E-state index in [4.69, 9.17) is 4.74 Å². The second-order valence-corrected chi connectivity index (χ2v) is 4.86. The first-order valence-electron chi connectivity index (χ1n) is 6.76. The van der Waals surface area contributed by atoms with E-state index in [-0.39, 0.29) is 18.3 Å². The van der Waals surface area contributed by atoms with Crippen molar-refractivity contribution in [3.8, 4) is 0 Å². The molecule has 2 N–H and O–H groups in total. The minimum atomic E-state index is -0.404. The molecule has 1 amide bonds. The largest absolute Gasteiger partial charge is 0.366 e. The van der Waals surface area contributed by atoms with Gasteiger partial charge in [-0.25, -0.2) is 4.98 Å². The lowest BCUT2D eigenvalue weighted by Gasteiger charge is -2.22. The van der Waals surface area contributed by atoms with E-state index in [1.807, 2.05) is 35.9 Å². The maximum absolute atomic E-state index is 12.0. The molecule has 3 rings (SSSR count). The molecule has 6 nitrogen and oxygen atoms in total. The summed E-state index contributed by atoms with van der Waals surface area (Å²) in [6.07, 6.45) is -0.404. The van der Waals surface area contributed by atoms with Gasteiger partial charge in [-0.3, -0.25) is 4.79 Å². The van der Waals surface area contributed by atoms with Crippen LogP contribution < -0.4 is 10.6 Å². The predicted octanol–water partition coefficient (Wildman–Crippen LogP) is 0.600. The Bertz CT molecular complexity index is 622.